The van der Waals surface area contributed by atoms with Crippen LogP contribution in [-0.4, -0.2) is 10.5 Å². The molecule has 5 rings (SSSR count). The van der Waals surface area contributed by atoms with Crippen LogP contribution in [0.5, 0.6) is 0 Å². The number of aromatic nitrogens is 1. The van der Waals surface area contributed by atoms with E-state index in [1.807, 2.05) is 11.3 Å². The lowest BCUT2D eigenvalue weighted by Crippen LogP contribution is -2.52. The number of fused-ring (bicyclic) bond motifs is 10. The average molecular weight is 383 g/mol. The van der Waals surface area contributed by atoms with Gasteiger partial charge in [-0.05, 0) is 37.2 Å². The van der Waals surface area contributed by atoms with E-state index in [0.29, 0.717) is 5.92 Å². The van der Waals surface area contributed by atoms with E-state index in [1.54, 1.807) is 0 Å². The maximum Gasteiger partial charge on any atom is 0.0962 e. The molecule has 2 aromatic rings. The van der Waals surface area contributed by atoms with Crippen LogP contribution < -0.4 is 5.73 Å². The van der Waals surface area contributed by atoms with Crippen molar-refractivity contribution in [2.24, 2.45) is 11.7 Å². The van der Waals surface area contributed by atoms with E-state index in [2.05, 4.69) is 36.5 Å². The second kappa shape index (κ2) is 8.87. The van der Waals surface area contributed by atoms with Crippen LogP contribution in [0.3, 0.4) is 0 Å². The van der Waals surface area contributed by atoms with Crippen molar-refractivity contribution < 1.29 is 0 Å². The van der Waals surface area contributed by atoms with Crippen LogP contribution in [0, 0.1) is 5.92 Å². The maximum absolute atomic E-state index is 6.82. The molecule has 0 spiro atoms. The van der Waals surface area contributed by atoms with Crippen molar-refractivity contribution in [3.63, 3.8) is 0 Å². The summed E-state index contributed by atoms with van der Waals surface area (Å²) in [6.07, 6.45) is 18.1. The van der Waals surface area contributed by atoms with E-state index in [9.17, 15) is 0 Å². The molecule has 1 aromatic heterocycles. The van der Waals surface area contributed by atoms with Crippen molar-refractivity contribution in [1.82, 2.24) is 4.98 Å². The normalized spacial score (nSPS) is 30.3. The van der Waals surface area contributed by atoms with Crippen molar-refractivity contribution >= 4 is 11.3 Å². The van der Waals surface area contributed by atoms with Gasteiger partial charge < -0.3 is 5.73 Å². The minimum atomic E-state index is 0.0675. The van der Waals surface area contributed by atoms with Gasteiger partial charge in [-0.3, -0.25) is 0 Å². The van der Waals surface area contributed by atoms with E-state index < -0.39 is 0 Å². The van der Waals surface area contributed by atoms with E-state index in [1.165, 1.54) is 86.1 Å². The Kier molecular flexibility index (Phi) is 6.29. The maximum atomic E-state index is 6.82. The van der Waals surface area contributed by atoms with Gasteiger partial charge in [0.25, 0.3) is 0 Å². The van der Waals surface area contributed by atoms with Gasteiger partial charge in [0, 0.05) is 17.7 Å². The number of hydrogen-bond donors (Lipinski definition) is 1. The lowest BCUT2D eigenvalue weighted by atomic mass is 9.63. The van der Waals surface area contributed by atoms with Gasteiger partial charge in [-0.1, -0.05) is 81.7 Å². The zero-order chi connectivity index (χ0) is 18.5. The molecule has 0 radical (unpaired) electrons. The molecular formula is C24H34N2S. The molecule has 1 atom stereocenters. The van der Waals surface area contributed by atoms with Crippen LogP contribution >= 0.6 is 11.3 Å². The second-order valence-electron chi connectivity index (χ2n) is 9.02. The number of rotatable bonds is 2. The predicted molar refractivity (Wildman–Crippen MR) is 116 cm³/mol. The van der Waals surface area contributed by atoms with Crippen LogP contribution in [-0.2, 0) is 0 Å². The highest BCUT2D eigenvalue weighted by molar-refractivity contribution is 7.15. The summed E-state index contributed by atoms with van der Waals surface area (Å²) in [7, 11) is 0. The largest absolute Gasteiger partial charge is 0.325 e. The first-order valence-corrected chi connectivity index (χ1v) is 11.8. The fourth-order valence-corrected chi connectivity index (χ4v) is 6.24. The Balaban J connectivity index is 1.47. The Bertz CT molecular complexity index is 702. The van der Waals surface area contributed by atoms with Gasteiger partial charge in [0.05, 0.1) is 9.88 Å². The van der Waals surface area contributed by atoms with Gasteiger partial charge in [0.15, 0.2) is 0 Å². The number of nitrogens with two attached hydrogens (primary N) is 1. The third-order valence-corrected chi connectivity index (χ3v) is 7.85. The van der Waals surface area contributed by atoms with E-state index in [0.717, 1.165) is 12.3 Å². The van der Waals surface area contributed by atoms with Crippen molar-refractivity contribution in [3.8, 4) is 10.4 Å². The zero-order valence-electron chi connectivity index (χ0n) is 16.5. The predicted octanol–water partition coefficient (Wildman–Crippen LogP) is 6.92. The molecule has 0 saturated heterocycles. The van der Waals surface area contributed by atoms with Crippen molar-refractivity contribution in [2.75, 3.05) is 0 Å². The van der Waals surface area contributed by atoms with E-state index in [-0.39, 0.29) is 5.54 Å². The third-order valence-electron chi connectivity index (χ3n) is 6.64. The summed E-state index contributed by atoms with van der Waals surface area (Å²) in [5.41, 5.74) is 8.17. The molecule has 1 unspecified atom stereocenters. The highest BCUT2D eigenvalue weighted by atomic mass is 32.1. The van der Waals surface area contributed by atoms with Gasteiger partial charge >= 0.3 is 0 Å². The van der Waals surface area contributed by atoms with Gasteiger partial charge in [0.2, 0.25) is 0 Å². The van der Waals surface area contributed by atoms with Crippen LogP contribution in [0.15, 0.2) is 36.5 Å². The lowest BCUT2D eigenvalue weighted by molar-refractivity contribution is 0.115. The molecule has 146 valence electrons. The van der Waals surface area contributed by atoms with Crippen LogP contribution in [0.25, 0.3) is 10.4 Å². The van der Waals surface area contributed by atoms with E-state index in [4.69, 9.17) is 10.7 Å². The summed E-state index contributed by atoms with van der Waals surface area (Å²) in [6.45, 7) is 0. The molecule has 3 aliphatic carbocycles. The molecule has 3 aliphatic rings. The molecule has 0 amide bonds. The average Bonchev–Trinajstić information content (AvgIpc) is 3.15. The summed E-state index contributed by atoms with van der Waals surface area (Å²) in [5.74, 6) is 1.43. The van der Waals surface area contributed by atoms with Gasteiger partial charge in [-0.2, -0.15) is 0 Å². The molecule has 2 nitrogen and oxygen atoms in total. The van der Waals surface area contributed by atoms with Crippen LogP contribution in [0.2, 0.25) is 0 Å². The van der Waals surface area contributed by atoms with Gasteiger partial charge in [-0.15, -0.1) is 11.3 Å². The first-order valence-electron chi connectivity index (χ1n) is 11.0. The number of nitrogens with zero attached hydrogens (tertiary/aromatic N) is 1. The van der Waals surface area contributed by atoms with Crippen LogP contribution in [0.4, 0.5) is 0 Å². The Hall–Kier alpha value is -1.19. The van der Waals surface area contributed by atoms with E-state index >= 15 is 0 Å². The first kappa shape index (κ1) is 19.1. The summed E-state index contributed by atoms with van der Waals surface area (Å²) in [4.78, 5) is 6.16. The monoisotopic (exact) mass is 382 g/mol. The first-order chi connectivity index (χ1) is 13.2. The second-order valence-corrected chi connectivity index (χ2v) is 10.1. The van der Waals surface area contributed by atoms with Crippen molar-refractivity contribution in [2.45, 2.75) is 88.5 Å². The Morgan fingerprint density at radius 1 is 0.852 bits per heavy atom. The minimum absolute atomic E-state index is 0.0675. The number of thiazole rings is 1. The SMILES string of the molecule is NC12CC(CCCCCCCCCC(c3ncc(-c4ccccc4)s3)C1)C2. The molecule has 2 bridgehead atoms. The Morgan fingerprint density at radius 2 is 1.52 bits per heavy atom. The number of benzene rings is 1. The summed E-state index contributed by atoms with van der Waals surface area (Å²) in [5, 5.41) is 1.31. The molecule has 1 aromatic carbocycles. The lowest BCUT2D eigenvalue weighted by Gasteiger charge is -2.47. The summed E-state index contributed by atoms with van der Waals surface area (Å²) in [6, 6.07) is 10.7. The molecule has 3 fully saturated rings. The van der Waals surface area contributed by atoms with Crippen LogP contribution in [0.1, 0.15) is 88.0 Å². The minimum Gasteiger partial charge on any atom is -0.325 e. The van der Waals surface area contributed by atoms with Crippen molar-refractivity contribution in [1.29, 1.82) is 0 Å². The van der Waals surface area contributed by atoms with Gasteiger partial charge in [0.1, 0.15) is 0 Å². The molecule has 27 heavy (non-hydrogen) atoms. The van der Waals surface area contributed by atoms with Crippen molar-refractivity contribution in [3.05, 3.63) is 41.5 Å². The Morgan fingerprint density at radius 3 is 2.26 bits per heavy atom. The summed E-state index contributed by atoms with van der Waals surface area (Å²) >= 11 is 1.89. The Labute approximate surface area is 168 Å². The topological polar surface area (TPSA) is 38.9 Å². The molecule has 3 heteroatoms. The zero-order valence-corrected chi connectivity index (χ0v) is 17.4. The quantitative estimate of drug-likeness (QED) is 0.612. The standard InChI is InChI=1S/C24H34N2S/c25-24-15-19(16-24)11-7-4-2-1-3-5-8-14-21(17-24)23-26-18-22(27-23)20-12-9-6-10-13-20/h6,9-10,12-13,18-19,21H,1-5,7-8,11,14-17,25H2. The molecular weight excluding hydrogens is 348 g/mol. The molecule has 2 N–H and O–H groups in total. The molecule has 1 heterocycles. The highest BCUT2D eigenvalue weighted by Gasteiger charge is 2.42. The third kappa shape index (κ3) is 5.00. The smallest absolute Gasteiger partial charge is 0.0962 e. The molecule has 3 saturated carbocycles. The van der Waals surface area contributed by atoms with Gasteiger partial charge in [-0.25, -0.2) is 4.98 Å². The number of hydrogen-bond acceptors (Lipinski definition) is 3. The summed E-state index contributed by atoms with van der Waals surface area (Å²) < 4.78 is 0. The fourth-order valence-electron chi connectivity index (χ4n) is 5.18. The highest BCUT2D eigenvalue weighted by Crippen LogP contribution is 2.46. The molecule has 0 aliphatic heterocycles. The fraction of sp³-hybridized carbons (Fsp3) is 0.625.